The van der Waals surface area contributed by atoms with Gasteiger partial charge in [-0.1, -0.05) is 6.07 Å². The van der Waals surface area contributed by atoms with Crippen molar-refractivity contribution in [3.05, 3.63) is 63.8 Å². The molecule has 0 saturated carbocycles. The number of hydrogen-bond acceptors (Lipinski definition) is 11. The molecule has 2 saturated heterocycles. The summed E-state index contributed by atoms with van der Waals surface area (Å²) in [5.41, 5.74) is 11.8. The normalized spacial score (nSPS) is 26.0. The summed E-state index contributed by atoms with van der Waals surface area (Å²) in [6.45, 7) is 5.88. The highest BCUT2D eigenvalue weighted by atomic mass is 19.1. The quantitative estimate of drug-likeness (QED) is 0.325. The lowest BCUT2D eigenvalue weighted by atomic mass is 9.73. The molecule has 7 heterocycles. The van der Waals surface area contributed by atoms with Gasteiger partial charge in [-0.05, 0) is 64.1 Å². The van der Waals surface area contributed by atoms with Gasteiger partial charge in [0.1, 0.15) is 47.9 Å². The zero-order chi connectivity index (χ0) is 33.3. The van der Waals surface area contributed by atoms with Crippen LogP contribution in [0.1, 0.15) is 77.9 Å². The van der Waals surface area contributed by atoms with Gasteiger partial charge < -0.3 is 24.5 Å². The minimum absolute atomic E-state index is 0.269. The predicted octanol–water partition coefficient (Wildman–Crippen LogP) is 4.36. The van der Waals surface area contributed by atoms with E-state index < -0.39 is 11.8 Å². The van der Waals surface area contributed by atoms with Crippen molar-refractivity contribution in [2.75, 3.05) is 36.9 Å². The summed E-state index contributed by atoms with van der Waals surface area (Å²) in [5, 5.41) is 15.0. The maximum absolute atomic E-state index is 14.6. The van der Waals surface area contributed by atoms with Gasteiger partial charge in [-0.2, -0.15) is 20.3 Å². The molecule has 12 nitrogen and oxygen atoms in total. The highest BCUT2D eigenvalue weighted by molar-refractivity contribution is 5.61. The number of oxazole rings is 1. The number of ether oxygens (including phenoxy) is 2. The van der Waals surface area contributed by atoms with E-state index in [0.717, 1.165) is 97.7 Å². The highest BCUT2D eigenvalue weighted by Gasteiger charge is 2.50. The summed E-state index contributed by atoms with van der Waals surface area (Å²) in [6.07, 6.45) is 6.85. The summed E-state index contributed by atoms with van der Waals surface area (Å²) >= 11 is 0. The van der Waals surface area contributed by atoms with Gasteiger partial charge >= 0.3 is 6.01 Å². The molecule has 3 atom stereocenters. The number of nitrogen functional groups attached to an aromatic ring is 1. The molecule has 3 aromatic heterocycles. The first kappa shape index (κ1) is 30.3. The Bertz CT molecular complexity index is 1990. The number of nitrogens with two attached hydrogens (primary N) is 1. The van der Waals surface area contributed by atoms with E-state index in [9.17, 15) is 9.65 Å². The first-order valence-corrected chi connectivity index (χ1v) is 17.3. The van der Waals surface area contributed by atoms with Crippen LogP contribution >= 0.6 is 0 Å². The summed E-state index contributed by atoms with van der Waals surface area (Å²) in [6, 6.07) is 10.8. The second-order valence-corrected chi connectivity index (χ2v) is 14.2. The number of nitrogens with zero attached hydrogens (tertiary/aromatic N) is 8. The highest BCUT2D eigenvalue weighted by Crippen LogP contribution is 2.48. The Kier molecular flexibility index (Phi) is 7.08. The van der Waals surface area contributed by atoms with Crippen molar-refractivity contribution < 1.29 is 18.3 Å². The van der Waals surface area contributed by atoms with Gasteiger partial charge in [0.05, 0.1) is 41.3 Å². The SMILES string of the molecule is Cc1coc(-c2cc3n(n2)CCCN(c2nc(OC[C@@]45CCCN4C[C@H](F)C5)nc4c2CO[C@@]2(CCCc5c#cc(N)c(C#N)c52)C4)C3)n1. The molecule has 1 aliphatic carbocycles. The Labute approximate surface area is 284 Å². The maximum atomic E-state index is 14.6. The van der Waals surface area contributed by atoms with E-state index in [2.05, 4.69) is 33.0 Å². The third-order valence-corrected chi connectivity index (χ3v) is 11.1. The Morgan fingerprint density at radius 2 is 2.08 bits per heavy atom. The topological polar surface area (TPSA) is 144 Å². The van der Waals surface area contributed by atoms with Gasteiger partial charge in [0.2, 0.25) is 5.89 Å². The maximum Gasteiger partial charge on any atom is 0.318 e. The van der Waals surface area contributed by atoms with E-state index in [-0.39, 0.29) is 23.8 Å². The van der Waals surface area contributed by atoms with Crippen molar-refractivity contribution >= 4 is 11.5 Å². The number of nitriles is 1. The second-order valence-electron chi connectivity index (χ2n) is 14.2. The van der Waals surface area contributed by atoms with Crippen LogP contribution in [-0.2, 0) is 42.9 Å². The molecule has 13 heteroatoms. The fourth-order valence-electron chi connectivity index (χ4n) is 8.87. The molecule has 0 bridgehead atoms. The van der Waals surface area contributed by atoms with Crippen molar-refractivity contribution in [3.8, 4) is 23.7 Å². The fraction of sp³-hybridized carbons (Fsp3) is 0.528. The number of halogens is 1. The standard InChI is InChI=1S/C36H38FN9O3/c1-22-19-47-33(40-22)29-13-25-18-44(10-4-12-46(25)43-29)32-27-20-49-36(9-2-5-23-6-7-28(39)26(16-38)31(23)36)15-30(27)41-34(42-32)48-21-35-8-3-11-45(35)17-24(37)14-35/h13,19,24H,2-5,8-12,14-15,17-18,20-21,39H2,1H3/t24-,35+,36+/m1/s1. The molecule has 4 aromatic rings. The Hall–Kier alpha value is -4.72. The number of aromatic nitrogens is 5. The number of alkyl halides is 1. The molecule has 1 aromatic carbocycles. The van der Waals surface area contributed by atoms with E-state index >= 15 is 0 Å². The van der Waals surface area contributed by atoms with Crippen LogP contribution in [0.5, 0.6) is 6.01 Å². The molecular weight excluding hydrogens is 625 g/mol. The molecular formula is C36H38FN9O3. The van der Waals surface area contributed by atoms with E-state index in [1.54, 1.807) is 6.26 Å². The fourth-order valence-corrected chi connectivity index (χ4v) is 8.87. The molecule has 49 heavy (non-hydrogen) atoms. The smallest absolute Gasteiger partial charge is 0.318 e. The largest absolute Gasteiger partial charge is 0.461 e. The zero-order valence-electron chi connectivity index (χ0n) is 27.6. The van der Waals surface area contributed by atoms with Crippen molar-refractivity contribution in [1.29, 1.82) is 5.26 Å². The number of fused-ring (bicyclic) bond motifs is 5. The predicted molar refractivity (Wildman–Crippen MR) is 175 cm³/mol. The average molecular weight is 664 g/mol. The van der Waals surface area contributed by atoms with Crippen LogP contribution in [-0.4, -0.2) is 67.6 Å². The summed E-state index contributed by atoms with van der Waals surface area (Å²) in [7, 11) is 0. The van der Waals surface area contributed by atoms with E-state index in [4.69, 9.17) is 34.7 Å². The minimum atomic E-state index is -0.852. The van der Waals surface area contributed by atoms with Crippen LogP contribution < -0.4 is 15.4 Å². The molecule has 9 rings (SSSR count). The van der Waals surface area contributed by atoms with Gasteiger partial charge in [0.15, 0.2) is 0 Å². The Morgan fingerprint density at radius 1 is 1.16 bits per heavy atom. The van der Waals surface area contributed by atoms with Crippen molar-refractivity contribution in [2.24, 2.45) is 0 Å². The minimum Gasteiger partial charge on any atom is -0.461 e. The van der Waals surface area contributed by atoms with Gasteiger partial charge in [0, 0.05) is 49.2 Å². The van der Waals surface area contributed by atoms with Crippen LogP contribution in [0.2, 0.25) is 0 Å². The van der Waals surface area contributed by atoms with E-state index in [1.165, 1.54) is 0 Å². The van der Waals surface area contributed by atoms with Crippen molar-refractivity contribution in [2.45, 2.75) is 95.3 Å². The molecule has 2 N–H and O–H groups in total. The monoisotopic (exact) mass is 663 g/mol. The van der Waals surface area contributed by atoms with Crippen LogP contribution in [0.15, 0.2) is 16.7 Å². The van der Waals surface area contributed by atoms with Gasteiger partial charge in [-0.15, -0.1) is 0 Å². The molecule has 252 valence electrons. The molecule has 2 fully saturated rings. The van der Waals surface area contributed by atoms with E-state index in [1.807, 2.05) is 17.7 Å². The van der Waals surface area contributed by atoms with Gasteiger partial charge in [-0.3, -0.25) is 9.58 Å². The second kappa shape index (κ2) is 11.4. The first-order valence-electron chi connectivity index (χ1n) is 17.3. The molecule has 5 aliphatic rings. The lowest BCUT2D eigenvalue weighted by Crippen LogP contribution is -2.44. The number of hydrogen-bond donors (Lipinski definition) is 1. The number of anilines is 2. The summed E-state index contributed by atoms with van der Waals surface area (Å²) in [5.74, 6) is 1.26. The molecule has 1 spiro atoms. The van der Waals surface area contributed by atoms with Crippen LogP contribution in [0.4, 0.5) is 15.9 Å². The summed E-state index contributed by atoms with van der Waals surface area (Å²) < 4.78 is 35.6. The average Bonchev–Trinajstić information content (AvgIpc) is 3.84. The summed E-state index contributed by atoms with van der Waals surface area (Å²) in [4.78, 5) is 19.1. The van der Waals surface area contributed by atoms with Gasteiger partial charge in [-0.25, -0.2) is 9.37 Å². The Morgan fingerprint density at radius 3 is 2.94 bits per heavy atom. The van der Waals surface area contributed by atoms with Crippen LogP contribution in [0, 0.1) is 30.4 Å². The van der Waals surface area contributed by atoms with Crippen molar-refractivity contribution in [1.82, 2.24) is 29.6 Å². The van der Waals surface area contributed by atoms with Crippen molar-refractivity contribution in [3.63, 3.8) is 0 Å². The van der Waals surface area contributed by atoms with E-state index in [0.29, 0.717) is 49.7 Å². The molecule has 0 unspecified atom stereocenters. The lowest BCUT2D eigenvalue weighted by molar-refractivity contribution is -0.0857. The first-order chi connectivity index (χ1) is 23.8. The molecule has 0 radical (unpaired) electrons. The third kappa shape index (κ3) is 5.01. The zero-order valence-corrected chi connectivity index (χ0v) is 27.6. The number of rotatable bonds is 5. The lowest BCUT2D eigenvalue weighted by Gasteiger charge is -2.42. The Balaban J connectivity index is 1.10. The van der Waals surface area contributed by atoms with Crippen LogP contribution in [0.25, 0.3) is 11.6 Å². The third-order valence-electron chi connectivity index (χ3n) is 11.1. The molecule has 0 amide bonds. The van der Waals surface area contributed by atoms with Gasteiger partial charge in [0.25, 0.3) is 0 Å². The number of aryl methyl sites for hydroxylation is 2. The van der Waals surface area contributed by atoms with Crippen LogP contribution in [0.3, 0.4) is 0 Å². The molecule has 4 aliphatic heterocycles.